The fourth-order valence-electron chi connectivity index (χ4n) is 5.48. The molecule has 1 aromatic carbocycles. The molecule has 2 unspecified atom stereocenters. The Kier molecular flexibility index (Phi) is 5.57. The molecule has 3 heterocycles. The van der Waals surface area contributed by atoms with E-state index in [9.17, 15) is 4.79 Å². The molecule has 0 radical (unpaired) electrons. The summed E-state index contributed by atoms with van der Waals surface area (Å²) in [6.07, 6.45) is 11.5. The van der Waals surface area contributed by atoms with Gasteiger partial charge in [0.25, 0.3) is 0 Å². The van der Waals surface area contributed by atoms with Gasteiger partial charge in [0.2, 0.25) is 0 Å². The summed E-state index contributed by atoms with van der Waals surface area (Å²) in [5.41, 5.74) is 1.97. The molecule has 3 fully saturated rings. The summed E-state index contributed by atoms with van der Waals surface area (Å²) in [4.78, 5) is 14.8. The average molecular weight is 459 g/mol. The van der Waals surface area contributed by atoms with Crippen molar-refractivity contribution in [1.82, 2.24) is 9.47 Å². The lowest BCUT2D eigenvalue weighted by molar-refractivity contribution is -0.0241. The molecule has 1 aromatic heterocycles. The Morgan fingerprint density at radius 1 is 1.14 bits per heavy atom. The molecule has 3 aliphatic rings. The minimum atomic E-state index is 0.137. The lowest BCUT2D eigenvalue weighted by Crippen LogP contribution is -2.46. The van der Waals surface area contributed by atoms with Crippen molar-refractivity contribution in [2.45, 2.75) is 76.6 Å². The number of carbonyl (C=O) groups excluding carboxylic acids is 1. The molecule has 0 amide bonds. The van der Waals surface area contributed by atoms with Crippen LogP contribution >= 0.6 is 15.9 Å². The van der Waals surface area contributed by atoms with E-state index in [1.807, 2.05) is 12.3 Å². The van der Waals surface area contributed by atoms with Gasteiger partial charge in [-0.05, 0) is 79.8 Å². The number of hydrogen-bond acceptors (Lipinski definition) is 3. The minimum absolute atomic E-state index is 0.137. The Bertz CT molecular complexity index is 890. The second-order valence-electron chi connectivity index (χ2n) is 9.27. The molecule has 2 aliphatic heterocycles. The van der Waals surface area contributed by atoms with Crippen LogP contribution in [0.4, 0.5) is 0 Å². The van der Waals surface area contributed by atoms with Gasteiger partial charge in [-0.2, -0.15) is 0 Å². The number of nitrogens with zero attached hydrogens (tertiary/aromatic N) is 2. The molecule has 2 saturated heterocycles. The van der Waals surface area contributed by atoms with Gasteiger partial charge in [0, 0.05) is 53.4 Å². The van der Waals surface area contributed by atoms with Gasteiger partial charge in [0.05, 0.1) is 11.6 Å². The summed E-state index contributed by atoms with van der Waals surface area (Å²) < 4.78 is 9.56. The van der Waals surface area contributed by atoms with E-state index < -0.39 is 0 Å². The highest BCUT2D eigenvalue weighted by Crippen LogP contribution is 2.38. The van der Waals surface area contributed by atoms with E-state index in [2.05, 4.69) is 37.5 Å². The Hall–Kier alpha value is -1.17. The van der Waals surface area contributed by atoms with Crippen molar-refractivity contribution in [1.29, 1.82) is 0 Å². The number of carbonyl (C=O) groups is 1. The third kappa shape index (κ3) is 4.06. The lowest BCUT2D eigenvalue weighted by atomic mass is 9.99. The maximum atomic E-state index is 12.1. The number of piperidine rings is 1. The van der Waals surface area contributed by atoms with Gasteiger partial charge >= 0.3 is 0 Å². The predicted molar refractivity (Wildman–Crippen MR) is 119 cm³/mol. The number of ether oxygens (including phenoxy) is 1. The number of fused-ring (bicyclic) bond motifs is 3. The molecule has 0 spiro atoms. The van der Waals surface area contributed by atoms with Crippen LogP contribution in [0.3, 0.4) is 0 Å². The van der Waals surface area contributed by atoms with Crippen molar-refractivity contribution in [3.63, 3.8) is 0 Å². The topological polar surface area (TPSA) is 34.5 Å². The number of aryl methyl sites for hydroxylation is 1. The summed E-state index contributed by atoms with van der Waals surface area (Å²) in [5, 5.41) is 1.06. The van der Waals surface area contributed by atoms with Crippen molar-refractivity contribution in [2.24, 2.45) is 5.92 Å². The number of aromatic nitrogens is 1. The first-order valence-corrected chi connectivity index (χ1v) is 12.0. The highest BCUT2D eigenvalue weighted by Gasteiger charge is 2.41. The molecule has 29 heavy (non-hydrogen) atoms. The van der Waals surface area contributed by atoms with Gasteiger partial charge in [-0.25, -0.2) is 0 Å². The van der Waals surface area contributed by atoms with Crippen LogP contribution in [0.5, 0.6) is 0 Å². The monoisotopic (exact) mass is 458 g/mol. The maximum absolute atomic E-state index is 12.1. The number of Topliss-reactive ketones (excluding diaryl/α,β-unsaturated/α-hetero) is 1. The van der Waals surface area contributed by atoms with Crippen LogP contribution in [0.2, 0.25) is 0 Å². The first kappa shape index (κ1) is 19.8. The van der Waals surface area contributed by atoms with Crippen molar-refractivity contribution < 1.29 is 9.53 Å². The van der Waals surface area contributed by atoms with Crippen molar-refractivity contribution in [3.8, 4) is 0 Å². The normalized spacial score (nSPS) is 27.0. The van der Waals surface area contributed by atoms with Crippen LogP contribution in [0, 0.1) is 5.92 Å². The number of para-hydroxylation sites is 1. The van der Waals surface area contributed by atoms with E-state index >= 15 is 0 Å². The van der Waals surface area contributed by atoms with E-state index in [-0.39, 0.29) is 5.78 Å². The van der Waals surface area contributed by atoms with Crippen LogP contribution in [-0.4, -0.2) is 46.6 Å². The Morgan fingerprint density at radius 2 is 1.90 bits per heavy atom. The molecular formula is C24H31BrN2O2. The number of halogens is 1. The molecule has 1 saturated carbocycles. The summed E-state index contributed by atoms with van der Waals surface area (Å²) in [6, 6.07) is 7.55. The number of benzene rings is 1. The van der Waals surface area contributed by atoms with E-state index in [0.717, 1.165) is 53.0 Å². The van der Waals surface area contributed by atoms with Crippen LogP contribution in [-0.2, 0) is 11.3 Å². The second kappa shape index (κ2) is 8.16. The second-order valence-corrected chi connectivity index (χ2v) is 10.1. The highest BCUT2D eigenvalue weighted by atomic mass is 79.9. The first-order valence-electron chi connectivity index (χ1n) is 11.3. The van der Waals surface area contributed by atoms with Gasteiger partial charge in [-0.3, -0.25) is 9.69 Å². The Balaban J connectivity index is 1.21. The van der Waals surface area contributed by atoms with E-state index in [4.69, 9.17) is 4.74 Å². The standard InChI is InChI=1S/C24H31BrN2O2/c1-16(28)22-14-26(24-21(22)4-2-5-23(24)25)10-3-11-27-18-8-9-19(27)13-20(12-18)29-15-17-6-7-17/h2,4-5,14,17-20H,3,6-13,15H2,1H3/t18-,19?,20?/m1/s1. The zero-order valence-electron chi connectivity index (χ0n) is 17.3. The molecular weight excluding hydrogens is 428 g/mol. The van der Waals surface area contributed by atoms with E-state index in [0.29, 0.717) is 18.2 Å². The fraction of sp³-hybridized carbons (Fsp3) is 0.625. The highest BCUT2D eigenvalue weighted by molar-refractivity contribution is 9.10. The van der Waals surface area contributed by atoms with Crippen molar-refractivity contribution in [3.05, 3.63) is 34.4 Å². The molecule has 4 nitrogen and oxygen atoms in total. The van der Waals surface area contributed by atoms with Crippen LogP contribution < -0.4 is 0 Å². The maximum Gasteiger partial charge on any atom is 0.161 e. The van der Waals surface area contributed by atoms with Crippen LogP contribution in [0.1, 0.15) is 62.2 Å². The van der Waals surface area contributed by atoms with Gasteiger partial charge in [-0.1, -0.05) is 12.1 Å². The summed E-state index contributed by atoms with van der Waals surface area (Å²) in [6.45, 7) is 4.75. The molecule has 0 N–H and O–H groups in total. The first-order chi connectivity index (χ1) is 14.1. The average Bonchev–Trinajstić information content (AvgIpc) is 3.40. The summed E-state index contributed by atoms with van der Waals surface area (Å²) in [7, 11) is 0. The van der Waals surface area contributed by atoms with Gasteiger partial charge in [0.1, 0.15) is 0 Å². The molecule has 5 heteroatoms. The zero-order valence-corrected chi connectivity index (χ0v) is 18.9. The zero-order chi connectivity index (χ0) is 20.0. The third-order valence-corrected chi connectivity index (χ3v) is 7.79. The summed E-state index contributed by atoms with van der Waals surface area (Å²) >= 11 is 3.69. The van der Waals surface area contributed by atoms with Crippen LogP contribution in [0.25, 0.3) is 10.9 Å². The lowest BCUT2D eigenvalue weighted by Gasteiger charge is -2.39. The molecule has 156 valence electrons. The van der Waals surface area contributed by atoms with Gasteiger partial charge in [0.15, 0.2) is 5.78 Å². The van der Waals surface area contributed by atoms with Gasteiger partial charge in [-0.15, -0.1) is 0 Å². The molecule has 2 aromatic rings. The minimum Gasteiger partial charge on any atom is -0.378 e. The number of ketones is 1. The van der Waals surface area contributed by atoms with Crippen molar-refractivity contribution >= 4 is 32.6 Å². The number of rotatable bonds is 8. The number of hydrogen-bond donors (Lipinski definition) is 0. The molecule has 5 rings (SSSR count). The predicted octanol–water partition coefficient (Wildman–Crippen LogP) is 5.42. The Labute approximate surface area is 181 Å². The van der Waals surface area contributed by atoms with Crippen molar-refractivity contribution in [2.75, 3.05) is 13.2 Å². The van der Waals surface area contributed by atoms with E-state index in [1.165, 1.54) is 38.5 Å². The molecule has 1 aliphatic carbocycles. The Morgan fingerprint density at radius 3 is 2.59 bits per heavy atom. The molecule has 2 bridgehead atoms. The smallest absolute Gasteiger partial charge is 0.161 e. The van der Waals surface area contributed by atoms with Gasteiger partial charge < -0.3 is 9.30 Å². The van der Waals surface area contributed by atoms with E-state index in [1.54, 1.807) is 6.92 Å². The summed E-state index contributed by atoms with van der Waals surface area (Å²) in [5.74, 6) is 0.999. The molecule has 3 atom stereocenters. The third-order valence-electron chi connectivity index (χ3n) is 7.15. The quantitative estimate of drug-likeness (QED) is 0.495. The largest absolute Gasteiger partial charge is 0.378 e. The SMILES string of the molecule is CC(=O)c1cn(CCCN2C3CC[C@@H]2CC(OCC2CC2)C3)c2c(Br)cccc12. The fourth-order valence-corrected chi connectivity index (χ4v) is 6.07. The van der Waals surface area contributed by atoms with Crippen LogP contribution in [0.15, 0.2) is 28.9 Å².